The van der Waals surface area contributed by atoms with Crippen LogP contribution in [-0.4, -0.2) is 4.98 Å². The van der Waals surface area contributed by atoms with E-state index in [1.165, 1.54) is 36.1 Å². The zero-order valence-corrected chi connectivity index (χ0v) is 13.1. The van der Waals surface area contributed by atoms with Crippen LogP contribution >= 0.6 is 11.3 Å². The monoisotopic (exact) mass is 286 g/mol. The van der Waals surface area contributed by atoms with Gasteiger partial charge in [-0.2, -0.15) is 0 Å². The van der Waals surface area contributed by atoms with Crippen LogP contribution in [-0.2, 0) is 19.4 Å². The first kappa shape index (κ1) is 13.8. The highest BCUT2D eigenvalue weighted by Gasteiger charge is 2.16. The van der Waals surface area contributed by atoms with E-state index in [0.717, 1.165) is 12.2 Å². The number of nitrogens with zero attached hydrogens (tertiary/aromatic N) is 1. The van der Waals surface area contributed by atoms with Crippen molar-refractivity contribution in [2.24, 2.45) is 0 Å². The lowest BCUT2D eigenvalue weighted by molar-refractivity contribution is 0.581. The molecule has 0 saturated heterocycles. The molecule has 0 aliphatic heterocycles. The van der Waals surface area contributed by atoms with E-state index in [1.807, 2.05) is 24.5 Å². The lowest BCUT2D eigenvalue weighted by atomic mass is 9.99. The highest BCUT2D eigenvalue weighted by atomic mass is 32.1. The van der Waals surface area contributed by atoms with Crippen molar-refractivity contribution < 1.29 is 0 Å². The Kier molecular flexibility index (Phi) is 4.18. The molecule has 0 spiro atoms. The highest BCUT2D eigenvalue weighted by molar-refractivity contribution is 7.12. The first-order chi connectivity index (χ1) is 9.72. The van der Waals surface area contributed by atoms with Crippen LogP contribution in [0.3, 0.4) is 0 Å². The fraction of sp³-hybridized carbons (Fsp3) is 0.471. The van der Waals surface area contributed by atoms with Crippen LogP contribution in [0.4, 0.5) is 0 Å². The van der Waals surface area contributed by atoms with Gasteiger partial charge in [-0.1, -0.05) is 6.07 Å². The molecular formula is C17H22N2S. The van der Waals surface area contributed by atoms with E-state index in [2.05, 4.69) is 35.4 Å². The minimum Gasteiger partial charge on any atom is -0.305 e. The number of hydrogen-bond donors (Lipinski definition) is 1. The topological polar surface area (TPSA) is 24.9 Å². The highest BCUT2D eigenvalue weighted by Crippen LogP contribution is 2.32. The number of rotatable bonds is 4. The van der Waals surface area contributed by atoms with E-state index in [9.17, 15) is 0 Å². The van der Waals surface area contributed by atoms with Crippen molar-refractivity contribution in [3.05, 3.63) is 51.0 Å². The van der Waals surface area contributed by atoms with E-state index < -0.39 is 0 Å². The average Bonchev–Trinajstić information content (AvgIpc) is 2.90. The van der Waals surface area contributed by atoms with E-state index in [1.54, 1.807) is 10.4 Å². The Morgan fingerprint density at radius 1 is 1.30 bits per heavy atom. The van der Waals surface area contributed by atoms with Gasteiger partial charge in [0.25, 0.3) is 0 Å². The van der Waals surface area contributed by atoms with E-state index in [4.69, 9.17) is 0 Å². The number of fused-ring (bicyclic) bond motifs is 1. The minimum absolute atomic E-state index is 0.423. The van der Waals surface area contributed by atoms with Gasteiger partial charge in [0.05, 0.1) is 0 Å². The summed E-state index contributed by atoms with van der Waals surface area (Å²) in [5.41, 5.74) is 3.93. The predicted octanol–water partition coefficient (Wildman–Crippen LogP) is 4.18. The van der Waals surface area contributed by atoms with Gasteiger partial charge in [0.1, 0.15) is 0 Å². The second kappa shape index (κ2) is 6.06. The van der Waals surface area contributed by atoms with Crippen LogP contribution in [0.2, 0.25) is 0 Å². The van der Waals surface area contributed by atoms with Crippen LogP contribution in [0.15, 0.2) is 24.4 Å². The summed E-state index contributed by atoms with van der Waals surface area (Å²) in [5.74, 6) is 0. The lowest BCUT2D eigenvalue weighted by Gasteiger charge is -2.12. The third kappa shape index (κ3) is 3.10. The molecule has 3 rings (SSSR count). The summed E-state index contributed by atoms with van der Waals surface area (Å²) in [6.45, 7) is 5.17. The molecule has 2 aromatic rings. The molecule has 0 fully saturated rings. The van der Waals surface area contributed by atoms with E-state index >= 15 is 0 Å². The quantitative estimate of drug-likeness (QED) is 0.912. The van der Waals surface area contributed by atoms with Gasteiger partial charge in [-0.3, -0.25) is 4.98 Å². The lowest BCUT2D eigenvalue weighted by Crippen LogP contribution is -2.17. The third-order valence-electron chi connectivity index (χ3n) is 4.03. The second-order valence-corrected chi connectivity index (χ2v) is 6.88. The Morgan fingerprint density at radius 3 is 2.90 bits per heavy atom. The van der Waals surface area contributed by atoms with Gasteiger partial charge < -0.3 is 5.32 Å². The largest absolute Gasteiger partial charge is 0.305 e. The van der Waals surface area contributed by atoms with Gasteiger partial charge in [-0.25, -0.2) is 0 Å². The van der Waals surface area contributed by atoms with Gasteiger partial charge >= 0.3 is 0 Å². The summed E-state index contributed by atoms with van der Waals surface area (Å²) in [6.07, 6.45) is 7.26. The van der Waals surface area contributed by atoms with Crippen LogP contribution in [0.25, 0.3) is 0 Å². The molecule has 106 valence electrons. The summed E-state index contributed by atoms with van der Waals surface area (Å²) in [6, 6.07) is 7.07. The van der Waals surface area contributed by atoms with Crippen molar-refractivity contribution in [3.63, 3.8) is 0 Å². The van der Waals surface area contributed by atoms with Gasteiger partial charge in [0, 0.05) is 34.2 Å². The van der Waals surface area contributed by atoms with Crippen LogP contribution in [0, 0.1) is 6.92 Å². The van der Waals surface area contributed by atoms with Crippen molar-refractivity contribution in [1.29, 1.82) is 0 Å². The fourth-order valence-electron chi connectivity index (χ4n) is 2.70. The molecule has 1 unspecified atom stereocenters. The molecule has 0 saturated carbocycles. The molecule has 1 N–H and O–H groups in total. The Hall–Kier alpha value is -1.19. The Bertz CT molecular complexity index is 548. The number of nitrogens with one attached hydrogen (secondary N) is 1. The molecule has 0 aromatic carbocycles. The van der Waals surface area contributed by atoms with Gasteiger partial charge in [0.15, 0.2) is 0 Å². The standard InChI is InChI=1S/C17H22N2S/c1-12-7-8-14(10-18-12)11-19-13(2)17-9-15-5-3-4-6-16(15)20-17/h7-10,13,19H,3-6,11H2,1-2H3. The van der Waals surface area contributed by atoms with Crippen LogP contribution in [0.5, 0.6) is 0 Å². The maximum Gasteiger partial charge on any atom is 0.0389 e. The number of aromatic nitrogens is 1. The molecule has 2 nitrogen and oxygen atoms in total. The zero-order chi connectivity index (χ0) is 13.9. The zero-order valence-electron chi connectivity index (χ0n) is 12.3. The molecule has 20 heavy (non-hydrogen) atoms. The van der Waals surface area contributed by atoms with Crippen LogP contribution < -0.4 is 5.32 Å². The molecule has 0 amide bonds. The molecule has 2 heterocycles. The predicted molar refractivity (Wildman–Crippen MR) is 85.2 cm³/mol. The SMILES string of the molecule is Cc1ccc(CNC(C)c2cc3c(s2)CCCC3)cn1. The minimum atomic E-state index is 0.423. The van der Waals surface area contributed by atoms with Crippen molar-refractivity contribution in [1.82, 2.24) is 10.3 Å². The molecule has 2 aromatic heterocycles. The average molecular weight is 286 g/mol. The Labute approximate surface area is 125 Å². The van der Waals surface area contributed by atoms with Crippen molar-refractivity contribution in [2.75, 3.05) is 0 Å². The van der Waals surface area contributed by atoms with Gasteiger partial charge in [-0.05, 0) is 62.8 Å². The maximum atomic E-state index is 4.35. The smallest absolute Gasteiger partial charge is 0.0389 e. The summed E-state index contributed by atoms with van der Waals surface area (Å²) >= 11 is 2.00. The molecule has 1 aliphatic carbocycles. The summed E-state index contributed by atoms with van der Waals surface area (Å²) in [4.78, 5) is 7.45. The third-order valence-corrected chi connectivity index (χ3v) is 5.45. The first-order valence-electron chi connectivity index (χ1n) is 7.49. The maximum absolute atomic E-state index is 4.35. The van der Waals surface area contributed by atoms with E-state index in [-0.39, 0.29) is 0 Å². The number of thiophene rings is 1. The summed E-state index contributed by atoms with van der Waals surface area (Å²) < 4.78 is 0. The molecular weight excluding hydrogens is 264 g/mol. The summed E-state index contributed by atoms with van der Waals surface area (Å²) in [7, 11) is 0. The molecule has 3 heteroatoms. The number of aryl methyl sites for hydroxylation is 3. The molecule has 1 aliphatic rings. The molecule has 1 atom stereocenters. The van der Waals surface area contributed by atoms with Crippen LogP contribution in [0.1, 0.15) is 52.4 Å². The normalized spacial score (nSPS) is 15.9. The fourth-order valence-corrected chi connectivity index (χ4v) is 3.99. The van der Waals surface area contributed by atoms with Crippen molar-refractivity contribution in [3.8, 4) is 0 Å². The Morgan fingerprint density at radius 2 is 2.15 bits per heavy atom. The number of pyridine rings is 1. The number of hydrogen-bond acceptors (Lipinski definition) is 3. The van der Waals surface area contributed by atoms with Crippen molar-refractivity contribution >= 4 is 11.3 Å². The Balaban J connectivity index is 1.62. The molecule has 0 bridgehead atoms. The second-order valence-electron chi connectivity index (χ2n) is 5.71. The first-order valence-corrected chi connectivity index (χ1v) is 8.30. The summed E-state index contributed by atoms with van der Waals surface area (Å²) in [5, 5.41) is 3.61. The molecule has 0 radical (unpaired) electrons. The van der Waals surface area contributed by atoms with Gasteiger partial charge in [-0.15, -0.1) is 11.3 Å². The van der Waals surface area contributed by atoms with E-state index in [0.29, 0.717) is 6.04 Å². The van der Waals surface area contributed by atoms with Crippen molar-refractivity contribution in [2.45, 2.75) is 52.1 Å². The van der Waals surface area contributed by atoms with Gasteiger partial charge in [0.2, 0.25) is 0 Å².